The minimum atomic E-state index is -0.888. The van der Waals surface area contributed by atoms with Gasteiger partial charge in [-0.3, -0.25) is 4.79 Å². The smallest absolute Gasteiger partial charge is 0.220 e. The molecule has 228 valence electrons. The summed E-state index contributed by atoms with van der Waals surface area (Å²) in [5, 5.41) is 17.6. The first-order valence-corrected chi connectivity index (χ1v) is 15.3. The van der Waals surface area contributed by atoms with E-state index in [9.17, 15) is 9.90 Å². The Morgan fingerprint density at radius 2 is 1.52 bits per heavy atom. The van der Waals surface area contributed by atoms with Gasteiger partial charge in [-0.05, 0) is 36.2 Å². The number of rotatable bonds is 21. The van der Waals surface area contributed by atoms with Gasteiger partial charge in [0.1, 0.15) is 25.1 Å². The first kappa shape index (κ1) is 33.7. The van der Waals surface area contributed by atoms with Crippen LogP contribution in [0.4, 0.5) is 0 Å². The zero-order valence-electron chi connectivity index (χ0n) is 23.9. The highest BCUT2D eigenvalue weighted by atomic mass is 16.6. The monoisotopic (exact) mass is 560 g/mol. The summed E-state index contributed by atoms with van der Waals surface area (Å²) in [5.41, 5.74) is 0.685. The topological polar surface area (TPSA) is 93.0 Å². The molecule has 1 aliphatic heterocycles. The minimum Gasteiger partial charge on any atom is -0.486 e. The lowest BCUT2D eigenvalue weighted by molar-refractivity contribution is -0.122. The van der Waals surface area contributed by atoms with Crippen molar-refractivity contribution < 1.29 is 25.2 Å². The first-order chi connectivity index (χ1) is 19.2. The second-order valence-corrected chi connectivity index (χ2v) is 10.7. The van der Waals surface area contributed by atoms with Crippen molar-refractivity contribution in [3.05, 3.63) is 47.9 Å². The quantitative estimate of drug-likeness (QED) is 0.135. The number of benzene rings is 1. The maximum absolute atomic E-state index is 12.8. The van der Waals surface area contributed by atoms with Crippen LogP contribution in [0.3, 0.4) is 0 Å². The Morgan fingerprint density at radius 3 is 2.15 bits per heavy atom. The summed E-state index contributed by atoms with van der Waals surface area (Å²) in [4.78, 5) is 12.8. The fourth-order valence-electron chi connectivity index (χ4n) is 5.06. The molecule has 3 N–H and O–H groups in total. The molecule has 1 aromatic carbocycles. The average Bonchev–Trinajstić information content (AvgIpc) is 3.48. The van der Waals surface area contributed by atoms with E-state index in [-0.39, 0.29) is 14.8 Å². The van der Waals surface area contributed by atoms with E-state index < -0.39 is 12.1 Å². The Kier molecular flexibility index (Phi) is 17.2. The summed E-state index contributed by atoms with van der Waals surface area (Å²) < 4.78 is 16.7. The van der Waals surface area contributed by atoms with Crippen molar-refractivity contribution >= 4 is 5.91 Å². The van der Waals surface area contributed by atoms with Crippen molar-refractivity contribution in [2.24, 2.45) is 0 Å². The molecule has 40 heavy (non-hydrogen) atoms. The molecule has 0 aliphatic carbocycles. The predicted molar refractivity (Wildman–Crippen MR) is 164 cm³/mol. The molecule has 2 heterocycles. The summed E-state index contributed by atoms with van der Waals surface area (Å²) in [6.07, 6.45) is 17.8. The van der Waals surface area contributed by atoms with Crippen LogP contribution in [0.15, 0.2) is 41.0 Å². The molecule has 0 saturated heterocycles. The van der Waals surface area contributed by atoms with Gasteiger partial charge >= 0.3 is 0 Å². The lowest BCUT2D eigenvalue weighted by Crippen LogP contribution is -2.45. The van der Waals surface area contributed by atoms with Crippen LogP contribution in [0.2, 0.25) is 0 Å². The van der Waals surface area contributed by atoms with Crippen LogP contribution in [0, 0.1) is 0 Å². The molecule has 7 nitrogen and oxygen atoms in total. The van der Waals surface area contributed by atoms with Crippen LogP contribution in [0.5, 0.6) is 11.5 Å². The number of hydrogen-bond donors (Lipinski definition) is 3. The van der Waals surface area contributed by atoms with Gasteiger partial charge in [0.05, 0.1) is 18.8 Å². The molecule has 0 fully saturated rings. The number of furan rings is 1. The third-order valence-corrected chi connectivity index (χ3v) is 7.39. The molecule has 7 heteroatoms. The van der Waals surface area contributed by atoms with Gasteiger partial charge in [0, 0.05) is 14.4 Å². The van der Waals surface area contributed by atoms with Crippen LogP contribution in [-0.4, -0.2) is 36.8 Å². The Balaban J connectivity index is 0.00000420. The van der Waals surface area contributed by atoms with Gasteiger partial charge < -0.3 is 29.6 Å². The zero-order chi connectivity index (χ0) is 27.5. The van der Waals surface area contributed by atoms with E-state index in [1.807, 2.05) is 24.3 Å². The van der Waals surface area contributed by atoms with Gasteiger partial charge in [-0.15, -0.1) is 0 Å². The largest absolute Gasteiger partial charge is 0.486 e. The summed E-state index contributed by atoms with van der Waals surface area (Å²) in [5.74, 6) is 2.08. The van der Waals surface area contributed by atoms with Gasteiger partial charge in [-0.25, -0.2) is 0 Å². The molecular formula is C33H56N2O5. The van der Waals surface area contributed by atoms with Crippen molar-refractivity contribution in [3.63, 3.8) is 0 Å². The van der Waals surface area contributed by atoms with E-state index >= 15 is 0 Å². The molecule has 1 amide bonds. The molecule has 1 aromatic heterocycles. The fraction of sp³-hybridized carbons (Fsp3) is 0.667. The Bertz CT molecular complexity index is 924. The average molecular weight is 561 g/mol. The van der Waals surface area contributed by atoms with Crippen molar-refractivity contribution in [1.82, 2.24) is 10.6 Å². The third-order valence-electron chi connectivity index (χ3n) is 7.39. The number of unbranched alkanes of at least 4 members (excludes halogenated alkanes) is 12. The summed E-state index contributed by atoms with van der Waals surface area (Å²) in [7, 11) is 0. The second kappa shape index (κ2) is 20.4. The number of fused-ring (bicyclic) bond motifs is 1. The summed E-state index contributed by atoms with van der Waals surface area (Å²) in [6, 6.07) is 8.70. The van der Waals surface area contributed by atoms with E-state index in [1.165, 1.54) is 70.6 Å². The van der Waals surface area contributed by atoms with Crippen LogP contribution in [0.1, 0.15) is 123 Å². The molecule has 2 aromatic rings. The molecule has 0 spiro atoms. The Hall–Kier alpha value is -2.51. The molecule has 0 radical (unpaired) electrons. The maximum atomic E-state index is 12.8. The van der Waals surface area contributed by atoms with E-state index in [0.717, 1.165) is 18.6 Å². The predicted octanol–water partition coefficient (Wildman–Crippen LogP) is 7.72. The van der Waals surface area contributed by atoms with Crippen molar-refractivity contribution in [2.45, 2.75) is 123 Å². The summed E-state index contributed by atoms with van der Waals surface area (Å²) >= 11 is 0. The second-order valence-electron chi connectivity index (χ2n) is 10.7. The van der Waals surface area contributed by atoms with Gasteiger partial charge in [0.25, 0.3) is 0 Å². The van der Waals surface area contributed by atoms with E-state index in [4.69, 9.17) is 13.9 Å². The van der Waals surface area contributed by atoms with Crippen molar-refractivity contribution in [2.75, 3.05) is 19.8 Å². The molecule has 1 aliphatic rings. The highest BCUT2D eigenvalue weighted by molar-refractivity contribution is 5.76. The number of hydrogen-bond acceptors (Lipinski definition) is 6. The molecule has 2 atom stereocenters. The van der Waals surface area contributed by atoms with E-state index in [0.29, 0.717) is 49.8 Å². The number of aliphatic hydroxyl groups is 1. The number of amides is 1. The van der Waals surface area contributed by atoms with Crippen LogP contribution in [-0.2, 0) is 11.3 Å². The van der Waals surface area contributed by atoms with Crippen molar-refractivity contribution in [3.8, 4) is 11.5 Å². The number of nitrogens with one attached hydrogen (secondary N) is 2. The Morgan fingerprint density at radius 1 is 0.900 bits per heavy atom. The highest BCUT2D eigenvalue weighted by Gasteiger charge is 2.24. The van der Waals surface area contributed by atoms with Crippen LogP contribution < -0.4 is 20.1 Å². The SMILES string of the molecule is C.CCCCCCCCCCCCCCCC(=O)N[C@H](CNCc1ccco1)[C@H](O)c1ccc2c(c1)OCCO2.[HH]. The lowest BCUT2D eigenvalue weighted by Gasteiger charge is -2.26. The molecule has 3 rings (SSSR count). The van der Waals surface area contributed by atoms with Gasteiger partial charge in [-0.1, -0.05) is 97.5 Å². The number of carbonyl (C=O) groups is 1. The number of aliphatic hydroxyl groups excluding tert-OH is 1. The lowest BCUT2D eigenvalue weighted by atomic mass is 10.0. The van der Waals surface area contributed by atoms with Gasteiger partial charge in [0.15, 0.2) is 11.5 Å². The minimum absolute atomic E-state index is 0. The zero-order valence-corrected chi connectivity index (χ0v) is 23.9. The van der Waals surface area contributed by atoms with Crippen LogP contribution >= 0.6 is 0 Å². The first-order valence-electron chi connectivity index (χ1n) is 15.3. The normalized spacial score (nSPS) is 13.8. The van der Waals surface area contributed by atoms with Crippen LogP contribution in [0.25, 0.3) is 0 Å². The highest BCUT2D eigenvalue weighted by Crippen LogP contribution is 2.33. The molecular weight excluding hydrogens is 504 g/mol. The summed E-state index contributed by atoms with van der Waals surface area (Å²) in [6.45, 7) is 4.19. The fourth-order valence-corrected chi connectivity index (χ4v) is 5.06. The molecule has 0 unspecified atom stereocenters. The molecule has 0 saturated carbocycles. The standard InChI is InChI=1S/C32H50N2O5.CH4.H2/c1-2-3-4-5-6-7-8-9-10-11-12-13-14-17-31(35)34-28(25-33-24-27-16-15-20-37-27)32(36)26-18-19-29-30(23-26)39-22-21-38-29;;/h15-16,18-20,23,28,32-33,36H,2-14,17,21-22,24-25H2,1H3,(H,34,35);1H4;1H/t28-,32-;;/m1../s1. The molecule has 0 bridgehead atoms. The number of ether oxygens (including phenoxy) is 2. The van der Waals surface area contributed by atoms with E-state index in [2.05, 4.69) is 17.6 Å². The Labute approximate surface area is 243 Å². The van der Waals surface area contributed by atoms with Gasteiger partial charge in [0.2, 0.25) is 5.91 Å². The maximum Gasteiger partial charge on any atom is 0.220 e. The van der Waals surface area contributed by atoms with Gasteiger partial charge in [-0.2, -0.15) is 0 Å². The third kappa shape index (κ3) is 12.8. The van der Waals surface area contributed by atoms with Crippen molar-refractivity contribution in [1.29, 1.82) is 0 Å². The number of carbonyl (C=O) groups excluding carboxylic acids is 1. The van der Waals surface area contributed by atoms with E-state index in [1.54, 1.807) is 12.3 Å².